The average molecular weight is 334 g/mol. The van der Waals surface area contributed by atoms with E-state index in [4.69, 9.17) is 13.6 Å². The van der Waals surface area contributed by atoms with Crippen LogP contribution in [0, 0.1) is 0 Å². The maximum atomic E-state index is 12.0. The quantitative estimate of drug-likeness (QED) is 0.669. The van der Waals surface area contributed by atoms with Crippen molar-refractivity contribution < 1.29 is 13.6 Å². The number of hydrogen-bond acceptors (Lipinski definition) is 4. The van der Waals surface area contributed by atoms with Crippen molar-refractivity contribution in [2.75, 3.05) is 7.11 Å². The molecule has 126 valence electrons. The number of methoxy groups -OCH3 is 1. The van der Waals surface area contributed by atoms with E-state index in [1.54, 1.807) is 7.11 Å². The summed E-state index contributed by atoms with van der Waals surface area (Å²) in [6, 6.07) is 12.9. The van der Waals surface area contributed by atoms with Crippen molar-refractivity contribution in [3.8, 4) is 28.4 Å². The Bertz CT molecular complexity index is 1010. The molecule has 0 bridgehead atoms. The lowest BCUT2D eigenvalue weighted by atomic mass is 9.91. The van der Waals surface area contributed by atoms with E-state index in [0.717, 1.165) is 34.6 Å². The summed E-state index contributed by atoms with van der Waals surface area (Å²) < 4.78 is 16.9. The Labute approximate surface area is 145 Å². The molecule has 4 nitrogen and oxygen atoms in total. The molecule has 1 unspecified atom stereocenters. The first-order valence-electron chi connectivity index (χ1n) is 8.25. The van der Waals surface area contributed by atoms with Gasteiger partial charge in [-0.1, -0.05) is 31.2 Å². The Kier molecular flexibility index (Phi) is 3.80. The minimum Gasteiger partial charge on any atom is -0.496 e. The van der Waals surface area contributed by atoms with E-state index >= 15 is 0 Å². The van der Waals surface area contributed by atoms with E-state index in [1.807, 2.05) is 42.5 Å². The minimum absolute atomic E-state index is 0.177. The van der Waals surface area contributed by atoms with Gasteiger partial charge >= 0.3 is 5.63 Å². The van der Waals surface area contributed by atoms with E-state index in [-0.39, 0.29) is 11.5 Å². The molecule has 0 aliphatic heterocycles. The Balaban J connectivity index is 1.85. The highest BCUT2D eigenvalue weighted by molar-refractivity contribution is 5.76. The second-order valence-electron chi connectivity index (χ2n) is 6.16. The van der Waals surface area contributed by atoms with Crippen LogP contribution in [0.15, 0.2) is 62.2 Å². The molecule has 4 heteroatoms. The van der Waals surface area contributed by atoms with Gasteiger partial charge in [-0.25, -0.2) is 4.79 Å². The van der Waals surface area contributed by atoms with Gasteiger partial charge in [-0.15, -0.1) is 0 Å². The lowest BCUT2D eigenvalue weighted by Gasteiger charge is -2.17. The normalized spacial score (nSPS) is 15.8. The van der Waals surface area contributed by atoms with Gasteiger partial charge in [-0.3, -0.25) is 0 Å². The molecule has 0 saturated heterocycles. The highest BCUT2D eigenvalue weighted by Crippen LogP contribution is 2.38. The van der Waals surface area contributed by atoms with E-state index in [1.165, 1.54) is 6.07 Å². The number of fused-ring (bicyclic) bond motifs is 1. The smallest absolute Gasteiger partial charge is 0.336 e. The number of para-hydroxylation sites is 1. The first kappa shape index (κ1) is 15.5. The van der Waals surface area contributed by atoms with Crippen LogP contribution >= 0.6 is 0 Å². The monoisotopic (exact) mass is 334 g/mol. The van der Waals surface area contributed by atoms with Gasteiger partial charge in [0.25, 0.3) is 0 Å². The van der Waals surface area contributed by atoms with E-state index in [9.17, 15) is 4.79 Å². The fraction of sp³-hybridized carbons (Fsp3) is 0.190. The number of allylic oxidation sites excluding steroid dienone is 1. The number of ether oxygens (including phenoxy) is 1. The Hall–Kier alpha value is -3.01. The first-order valence-corrected chi connectivity index (χ1v) is 8.25. The lowest BCUT2D eigenvalue weighted by Crippen LogP contribution is -2.08. The molecule has 0 saturated carbocycles. The van der Waals surface area contributed by atoms with Crippen molar-refractivity contribution in [2.45, 2.75) is 19.3 Å². The number of hydrogen-bond donors (Lipinski definition) is 0. The molecule has 0 amide bonds. The Morgan fingerprint density at radius 3 is 2.60 bits per heavy atom. The van der Waals surface area contributed by atoms with Crippen LogP contribution in [0.25, 0.3) is 28.7 Å². The standard InChI is InChI=1S/C21H18O4/c1-13-6-5-8-14-16(12-20(22)25-21(13)14)19-11-10-18(24-19)15-7-3-4-9-17(15)23-2/h3-5,7-13H,6H2,1-2H3. The molecule has 2 aromatic heterocycles. The van der Waals surface area contributed by atoms with E-state index in [0.29, 0.717) is 11.5 Å². The second kappa shape index (κ2) is 6.13. The Morgan fingerprint density at radius 1 is 1.04 bits per heavy atom. The molecule has 0 N–H and O–H groups in total. The zero-order valence-electron chi connectivity index (χ0n) is 14.1. The van der Waals surface area contributed by atoms with Gasteiger partial charge in [0.2, 0.25) is 0 Å². The molecule has 1 aromatic carbocycles. The summed E-state index contributed by atoms with van der Waals surface area (Å²) in [6.45, 7) is 2.05. The van der Waals surface area contributed by atoms with Crippen molar-refractivity contribution >= 4 is 6.08 Å². The van der Waals surface area contributed by atoms with E-state index in [2.05, 4.69) is 13.0 Å². The van der Waals surface area contributed by atoms with Crippen LogP contribution in [0.5, 0.6) is 5.75 Å². The summed E-state index contributed by atoms with van der Waals surface area (Å²) in [6.07, 6.45) is 4.96. The van der Waals surface area contributed by atoms with Crippen LogP contribution in [0.2, 0.25) is 0 Å². The minimum atomic E-state index is -0.355. The average Bonchev–Trinajstić information content (AvgIpc) is 3.11. The molecule has 1 atom stereocenters. The van der Waals surface area contributed by atoms with Gasteiger partial charge in [0.1, 0.15) is 23.0 Å². The number of rotatable bonds is 3. The molecular formula is C21H18O4. The van der Waals surface area contributed by atoms with Crippen LogP contribution in [-0.4, -0.2) is 7.11 Å². The molecule has 1 aliphatic rings. The van der Waals surface area contributed by atoms with Gasteiger partial charge in [0.15, 0.2) is 0 Å². The van der Waals surface area contributed by atoms with Crippen molar-refractivity contribution in [2.24, 2.45) is 0 Å². The van der Waals surface area contributed by atoms with Gasteiger partial charge < -0.3 is 13.6 Å². The number of benzene rings is 1. The van der Waals surface area contributed by atoms with Crippen molar-refractivity contribution in [3.63, 3.8) is 0 Å². The molecule has 1 aliphatic carbocycles. The molecule has 25 heavy (non-hydrogen) atoms. The SMILES string of the molecule is COc1ccccc1-c1ccc(-c2cc(=O)oc3c2C=CCC3C)o1. The van der Waals surface area contributed by atoms with Gasteiger partial charge in [0.05, 0.1) is 12.7 Å². The first-order chi connectivity index (χ1) is 12.2. The third-order valence-electron chi connectivity index (χ3n) is 4.49. The van der Waals surface area contributed by atoms with Crippen LogP contribution in [-0.2, 0) is 0 Å². The van der Waals surface area contributed by atoms with Gasteiger partial charge in [0, 0.05) is 23.1 Å². The summed E-state index contributed by atoms with van der Waals surface area (Å²) in [7, 11) is 1.63. The maximum absolute atomic E-state index is 12.0. The third kappa shape index (κ3) is 2.70. The molecule has 2 heterocycles. The largest absolute Gasteiger partial charge is 0.496 e. The summed E-state index contributed by atoms with van der Waals surface area (Å²) in [5, 5.41) is 0. The fourth-order valence-corrected chi connectivity index (χ4v) is 3.24. The molecule has 0 spiro atoms. The lowest BCUT2D eigenvalue weighted by molar-refractivity contribution is 0.414. The van der Waals surface area contributed by atoms with Crippen molar-refractivity contribution in [1.82, 2.24) is 0 Å². The summed E-state index contributed by atoms with van der Waals surface area (Å²) in [5.41, 5.74) is 2.19. The maximum Gasteiger partial charge on any atom is 0.336 e. The summed E-state index contributed by atoms with van der Waals surface area (Å²) in [5.74, 6) is 2.98. The number of furan rings is 1. The molecule has 0 radical (unpaired) electrons. The molecule has 4 rings (SSSR count). The third-order valence-corrected chi connectivity index (χ3v) is 4.49. The Morgan fingerprint density at radius 2 is 1.80 bits per heavy atom. The predicted molar refractivity (Wildman–Crippen MR) is 96.7 cm³/mol. The summed E-state index contributed by atoms with van der Waals surface area (Å²) in [4.78, 5) is 12.0. The highest BCUT2D eigenvalue weighted by Gasteiger charge is 2.22. The molecule has 3 aromatic rings. The van der Waals surface area contributed by atoms with Gasteiger partial charge in [-0.2, -0.15) is 0 Å². The molecule has 0 fully saturated rings. The van der Waals surface area contributed by atoms with Crippen LogP contribution < -0.4 is 10.4 Å². The topological polar surface area (TPSA) is 52.6 Å². The zero-order chi connectivity index (χ0) is 17.4. The van der Waals surface area contributed by atoms with Crippen molar-refractivity contribution in [3.05, 3.63) is 70.3 Å². The van der Waals surface area contributed by atoms with Crippen LogP contribution in [0.1, 0.15) is 30.6 Å². The summed E-state index contributed by atoms with van der Waals surface area (Å²) >= 11 is 0. The van der Waals surface area contributed by atoms with Gasteiger partial charge in [-0.05, 0) is 30.7 Å². The highest BCUT2D eigenvalue weighted by atomic mass is 16.5. The molecular weight excluding hydrogens is 316 g/mol. The van der Waals surface area contributed by atoms with Crippen molar-refractivity contribution in [1.29, 1.82) is 0 Å². The zero-order valence-corrected chi connectivity index (χ0v) is 14.1. The van der Waals surface area contributed by atoms with Crippen LogP contribution in [0.4, 0.5) is 0 Å². The van der Waals surface area contributed by atoms with E-state index < -0.39 is 0 Å². The van der Waals surface area contributed by atoms with Crippen LogP contribution in [0.3, 0.4) is 0 Å². The fourth-order valence-electron chi connectivity index (χ4n) is 3.24. The second-order valence-corrected chi connectivity index (χ2v) is 6.16. The predicted octanol–water partition coefficient (Wildman–Crippen LogP) is 5.10.